The lowest BCUT2D eigenvalue weighted by Crippen LogP contribution is -2.38. The molecule has 0 aromatic heterocycles. The van der Waals surface area contributed by atoms with Gasteiger partial charge in [-0.2, -0.15) is 0 Å². The van der Waals surface area contributed by atoms with Gasteiger partial charge < -0.3 is 10.6 Å². The molecule has 1 aliphatic rings. The van der Waals surface area contributed by atoms with Gasteiger partial charge in [-0.25, -0.2) is 0 Å². The second-order valence-electron chi connectivity index (χ2n) is 7.76. The van der Waals surface area contributed by atoms with Gasteiger partial charge in [-0.05, 0) is 78.1 Å². The second-order valence-corrected chi connectivity index (χ2v) is 7.76. The molecule has 1 aromatic carbocycles. The summed E-state index contributed by atoms with van der Waals surface area (Å²) in [7, 11) is 0. The Morgan fingerprint density at radius 3 is 2.44 bits per heavy atom. The Balaban J connectivity index is 2.33. The molecule has 1 aromatic rings. The van der Waals surface area contributed by atoms with Gasteiger partial charge in [-0.1, -0.05) is 46.8 Å². The first-order chi connectivity index (χ1) is 12.0. The van der Waals surface area contributed by atoms with Crippen LogP contribution in [0.3, 0.4) is 0 Å². The third-order valence-electron chi connectivity index (χ3n) is 5.60. The van der Waals surface area contributed by atoms with E-state index in [9.17, 15) is 0 Å². The van der Waals surface area contributed by atoms with Crippen molar-refractivity contribution in [3.63, 3.8) is 0 Å². The first kappa shape index (κ1) is 19.6. The number of benzene rings is 1. The van der Waals surface area contributed by atoms with E-state index in [1.165, 1.54) is 34.4 Å². The molecule has 0 unspecified atom stereocenters. The average molecular weight is 341 g/mol. The normalized spacial score (nSPS) is 17.2. The summed E-state index contributed by atoms with van der Waals surface area (Å²) in [4.78, 5) is 2.59. The van der Waals surface area contributed by atoms with Crippen LogP contribution in [0.25, 0.3) is 0 Å². The van der Waals surface area contributed by atoms with E-state index in [1.807, 2.05) is 0 Å². The molecule has 0 atom stereocenters. The minimum atomic E-state index is 0.265. The highest BCUT2D eigenvalue weighted by Gasteiger charge is 2.31. The quantitative estimate of drug-likeness (QED) is 0.664. The fraction of sp³-hybridized carbons (Fsp3) is 0.565. The number of aryl methyl sites for hydroxylation is 2. The Kier molecular flexibility index (Phi) is 6.75. The van der Waals surface area contributed by atoms with Crippen molar-refractivity contribution in [2.75, 3.05) is 18.0 Å². The predicted octanol–water partition coefficient (Wildman–Crippen LogP) is 5.50. The molecule has 0 spiro atoms. The molecule has 138 valence electrons. The van der Waals surface area contributed by atoms with Gasteiger partial charge in [0.05, 0.1) is 0 Å². The van der Waals surface area contributed by atoms with E-state index in [0.29, 0.717) is 0 Å². The molecule has 0 radical (unpaired) electrons. The van der Waals surface area contributed by atoms with Crippen molar-refractivity contribution in [1.29, 1.82) is 0 Å². The molecule has 2 N–H and O–H groups in total. The molecule has 0 aliphatic carbocycles. The predicted molar refractivity (Wildman–Crippen MR) is 111 cm³/mol. The third-order valence-corrected chi connectivity index (χ3v) is 5.60. The van der Waals surface area contributed by atoms with Crippen LogP contribution in [-0.2, 0) is 18.3 Å². The van der Waals surface area contributed by atoms with Crippen molar-refractivity contribution in [2.45, 2.75) is 72.1 Å². The molecule has 2 nitrogen and oxygen atoms in total. The zero-order chi connectivity index (χ0) is 18.4. The maximum Gasteiger partial charge on any atom is 0.0407 e. The van der Waals surface area contributed by atoms with Gasteiger partial charge in [0.2, 0.25) is 0 Å². The average Bonchev–Trinajstić information content (AvgIpc) is 2.60. The van der Waals surface area contributed by atoms with Gasteiger partial charge in [0.1, 0.15) is 0 Å². The SMILES string of the molecule is CC/C=C(\C=C/N)CCN1CCC(C)(C)c2cc(CC)c(CC)cc21. The molecule has 0 bridgehead atoms. The van der Waals surface area contributed by atoms with E-state index in [1.54, 1.807) is 6.20 Å². The largest absolute Gasteiger partial charge is 0.405 e. The Labute approximate surface area is 154 Å². The minimum absolute atomic E-state index is 0.265. The highest BCUT2D eigenvalue weighted by molar-refractivity contribution is 5.62. The molecule has 25 heavy (non-hydrogen) atoms. The van der Waals surface area contributed by atoms with Crippen molar-refractivity contribution >= 4 is 5.69 Å². The highest BCUT2D eigenvalue weighted by atomic mass is 15.1. The third kappa shape index (κ3) is 4.48. The topological polar surface area (TPSA) is 29.3 Å². The summed E-state index contributed by atoms with van der Waals surface area (Å²) in [5.74, 6) is 0. The van der Waals surface area contributed by atoms with E-state index in [0.717, 1.165) is 38.8 Å². The number of anilines is 1. The fourth-order valence-corrected chi connectivity index (χ4v) is 3.94. The van der Waals surface area contributed by atoms with Crippen molar-refractivity contribution in [1.82, 2.24) is 0 Å². The Bertz CT molecular complexity index is 638. The van der Waals surface area contributed by atoms with Crippen molar-refractivity contribution < 1.29 is 0 Å². The van der Waals surface area contributed by atoms with Crippen LogP contribution in [0.15, 0.2) is 36.1 Å². The lowest BCUT2D eigenvalue weighted by atomic mass is 9.76. The standard InChI is InChI=1S/C23H36N2/c1-6-9-18(10-13-24)11-14-25-15-12-23(4,5)21-16-19(7-2)20(8-3)17-22(21)25/h9-10,13,16-17H,6-8,11-12,14-15,24H2,1-5H3/b13-10-,18-9+. The molecule has 0 saturated carbocycles. The number of fused-ring (bicyclic) bond motifs is 1. The molecule has 2 rings (SSSR count). The summed E-state index contributed by atoms with van der Waals surface area (Å²) in [6.07, 6.45) is 11.6. The molecule has 0 saturated heterocycles. The molecular weight excluding hydrogens is 304 g/mol. The molecule has 0 amide bonds. The van der Waals surface area contributed by atoms with Gasteiger partial charge >= 0.3 is 0 Å². The van der Waals surface area contributed by atoms with Crippen molar-refractivity contribution in [3.05, 3.63) is 52.7 Å². The van der Waals surface area contributed by atoms with Crippen LogP contribution in [0.5, 0.6) is 0 Å². The molecular formula is C23H36N2. The zero-order valence-corrected chi connectivity index (χ0v) is 16.9. The van der Waals surface area contributed by atoms with Gasteiger partial charge in [-0.15, -0.1) is 0 Å². The number of hydrogen-bond acceptors (Lipinski definition) is 2. The number of hydrogen-bond donors (Lipinski definition) is 1. The fourth-order valence-electron chi connectivity index (χ4n) is 3.94. The summed E-state index contributed by atoms with van der Waals surface area (Å²) in [6.45, 7) is 13.7. The van der Waals surface area contributed by atoms with Crippen LogP contribution in [0.2, 0.25) is 0 Å². The van der Waals surface area contributed by atoms with Crippen molar-refractivity contribution in [2.24, 2.45) is 5.73 Å². The van der Waals surface area contributed by atoms with Gasteiger partial charge in [-0.3, -0.25) is 0 Å². The second kappa shape index (κ2) is 8.60. The van der Waals surface area contributed by atoms with Gasteiger partial charge in [0, 0.05) is 18.8 Å². The number of rotatable bonds is 7. The summed E-state index contributed by atoms with van der Waals surface area (Å²) < 4.78 is 0. The van der Waals surface area contributed by atoms with Crippen LogP contribution in [0, 0.1) is 0 Å². The minimum Gasteiger partial charge on any atom is -0.405 e. The lowest BCUT2D eigenvalue weighted by Gasteiger charge is -2.41. The maximum absolute atomic E-state index is 5.62. The molecule has 0 fully saturated rings. The summed E-state index contributed by atoms with van der Waals surface area (Å²) in [5.41, 5.74) is 13.2. The Morgan fingerprint density at radius 2 is 1.84 bits per heavy atom. The molecule has 2 heteroatoms. The Morgan fingerprint density at radius 1 is 1.16 bits per heavy atom. The van der Waals surface area contributed by atoms with E-state index < -0.39 is 0 Å². The van der Waals surface area contributed by atoms with E-state index in [2.05, 4.69) is 63.8 Å². The van der Waals surface area contributed by atoms with Crippen LogP contribution in [-0.4, -0.2) is 13.1 Å². The highest BCUT2D eigenvalue weighted by Crippen LogP contribution is 2.41. The Hall–Kier alpha value is -1.70. The smallest absolute Gasteiger partial charge is 0.0407 e. The van der Waals surface area contributed by atoms with Crippen LogP contribution >= 0.6 is 0 Å². The molecule has 1 heterocycles. The van der Waals surface area contributed by atoms with Gasteiger partial charge in [0.15, 0.2) is 0 Å². The van der Waals surface area contributed by atoms with Crippen LogP contribution in [0.4, 0.5) is 5.69 Å². The summed E-state index contributed by atoms with van der Waals surface area (Å²) in [5, 5.41) is 0. The zero-order valence-electron chi connectivity index (χ0n) is 16.9. The first-order valence-electron chi connectivity index (χ1n) is 9.95. The monoisotopic (exact) mass is 340 g/mol. The maximum atomic E-state index is 5.62. The number of nitrogens with zero attached hydrogens (tertiary/aromatic N) is 1. The van der Waals surface area contributed by atoms with Crippen LogP contribution < -0.4 is 10.6 Å². The number of nitrogens with two attached hydrogens (primary N) is 1. The summed E-state index contributed by atoms with van der Waals surface area (Å²) >= 11 is 0. The molecule has 1 aliphatic heterocycles. The summed E-state index contributed by atoms with van der Waals surface area (Å²) in [6, 6.07) is 4.96. The van der Waals surface area contributed by atoms with E-state index >= 15 is 0 Å². The van der Waals surface area contributed by atoms with Crippen molar-refractivity contribution in [3.8, 4) is 0 Å². The van der Waals surface area contributed by atoms with Crippen LogP contribution in [0.1, 0.15) is 70.6 Å². The first-order valence-corrected chi connectivity index (χ1v) is 9.95. The van der Waals surface area contributed by atoms with E-state index in [-0.39, 0.29) is 5.41 Å². The van der Waals surface area contributed by atoms with E-state index in [4.69, 9.17) is 5.73 Å². The number of allylic oxidation sites excluding steroid dienone is 2. The van der Waals surface area contributed by atoms with Gasteiger partial charge in [0.25, 0.3) is 0 Å². The lowest BCUT2D eigenvalue weighted by molar-refractivity contribution is 0.453.